The van der Waals surface area contributed by atoms with E-state index in [2.05, 4.69) is 76.9 Å². The van der Waals surface area contributed by atoms with Gasteiger partial charge in [0.05, 0.1) is 0 Å². The fourth-order valence-electron chi connectivity index (χ4n) is 6.12. The molecule has 0 spiro atoms. The molecule has 17 heteroatoms. The van der Waals surface area contributed by atoms with Gasteiger partial charge in [-0.3, -0.25) is 9.59 Å². The Bertz CT molecular complexity index is 1730. The SMILES string of the molecule is CCC[C@@H](C)NC(=O)N[C@H](C)Cc1ccc(C)cc1.CCC[C@@H](C)NC(=O)N[C@H](C)Cc1ccc(N)cc1.Nc1ccc(C[C@H](NC(=O)N[C@@H](CCC(=O)O)C(=O)O)OC=O)cc1. The van der Waals surface area contributed by atoms with Gasteiger partial charge in [0.25, 0.3) is 6.47 Å². The maximum atomic E-state index is 11.9. The Balaban J connectivity index is 0.000000479. The van der Waals surface area contributed by atoms with Crippen LogP contribution in [0.2, 0.25) is 0 Å². The quantitative estimate of drug-likeness (QED) is 0.0316. The summed E-state index contributed by atoms with van der Waals surface area (Å²) in [5.41, 5.74) is 16.9. The molecule has 0 fully saturated rings. The minimum absolute atomic E-state index is 0.0689. The summed E-state index contributed by atoms with van der Waals surface area (Å²) in [5.74, 6) is -2.55. The van der Waals surface area contributed by atoms with Gasteiger partial charge in [0, 0.05) is 48.4 Å². The Morgan fingerprint density at radius 2 is 0.952 bits per heavy atom. The Kier molecular flexibility index (Phi) is 26.4. The lowest BCUT2D eigenvalue weighted by atomic mass is 10.1. The van der Waals surface area contributed by atoms with Crippen molar-refractivity contribution in [1.29, 1.82) is 0 Å². The molecule has 6 amide bonds. The third-order valence-electron chi connectivity index (χ3n) is 9.30. The van der Waals surface area contributed by atoms with E-state index < -0.39 is 36.7 Å². The summed E-state index contributed by atoms with van der Waals surface area (Å²) < 4.78 is 4.76. The summed E-state index contributed by atoms with van der Waals surface area (Å²) in [6.07, 6.45) is 4.23. The highest BCUT2D eigenvalue weighted by atomic mass is 16.5. The number of carbonyl (C=O) groups is 6. The van der Waals surface area contributed by atoms with Gasteiger partial charge in [-0.05, 0) is 108 Å². The van der Waals surface area contributed by atoms with E-state index in [1.54, 1.807) is 24.3 Å². The summed E-state index contributed by atoms with van der Waals surface area (Å²) in [4.78, 5) is 67.5. The van der Waals surface area contributed by atoms with Crippen molar-refractivity contribution in [3.63, 3.8) is 0 Å². The van der Waals surface area contributed by atoms with Crippen LogP contribution in [0.3, 0.4) is 0 Å². The Morgan fingerprint density at radius 3 is 1.33 bits per heavy atom. The zero-order valence-electron chi connectivity index (χ0n) is 37.7. The van der Waals surface area contributed by atoms with Crippen molar-refractivity contribution in [2.45, 2.75) is 143 Å². The first kappa shape index (κ1) is 54.5. The number of carbonyl (C=O) groups excluding carboxylic acids is 4. The highest BCUT2D eigenvalue weighted by Crippen LogP contribution is 2.10. The lowest BCUT2D eigenvalue weighted by Gasteiger charge is -2.19. The molecule has 0 saturated heterocycles. The monoisotopic (exact) mass is 879 g/mol. The number of carboxylic acids is 2. The topological polar surface area (TPSA) is 276 Å². The molecule has 17 nitrogen and oxygen atoms in total. The largest absolute Gasteiger partial charge is 0.481 e. The highest BCUT2D eigenvalue weighted by molar-refractivity contribution is 5.83. The van der Waals surface area contributed by atoms with Crippen molar-refractivity contribution >= 4 is 47.9 Å². The van der Waals surface area contributed by atoms with Crippen molar-refractivity contribution in [1.82, 2.24) is 31.9 Å². The number of amides is 6. The number of urea groups is 3. The maximum absolute atomic E-state index is 11.9. The molecule has 3 aromatic carbocycles. The number of nitrogen functional groups attached to an aromatic ring is 2. The Morgan fingerprint density at radius 1 is 0.571 bits per heavy atom. The molecule has 0 unspecified atom stereocenters. The van der Waals surface area contributed by atoms with E-state index in [1.165, 1.54) is 16.7 Å². The van der Waals surface area contributed by atoms with Gasteiger partial charge in [-0.15, -0.1) is 0 Å². The number of benzene rings is 3. The molecule has 0 radical (unpaired) electrons. The number of hydrogen-bond donors (Lipinski definition) is 10. The molecule has 6 atom stereocenters. The van der Waals surface area contributed by atoms with Gasteiger partial charge < -0.3 is 58.3 Å². The van der Waals surface area contributed by atoms with Crippen molar-refractivity contribution in [3.05, 3.63) is 95.1 Å². The zero-order valence-corrected chi connectivity index (χ0v) is 37.7. The highest BCUT2D eigenvalue weighted by Gasteiger charge is 2.23. The molecular formula is C46H70N8O9. The summed E-state index contributed by atoms with van der Waals surface area (Å²) in [5, 5.41) is 33.8. The summed E-state index contributed by atoms with van der Waals surface area (Å²) >= 11 is 0. The minimum atomic E-state index is -1.38. The van der Waals surface area contributed by atoms with E-state index in [1.807, 2.05) is 52.0 Å². The van der Waals surface area contributed by atoms with E-state index in [0.29, 0.717) is 5.69 Å². The number of hydrogen-bond acceptors (Lipinski definition) is 9. The van der Waals surface area contributed by atoms with E-state index in [-0.39, 0.29) is 55.5 Å². The Labute approximate surface area is 371 Å². The van der Waals surface area contributed by atoms with Gasteiger partial charge in [-0.25, -0.2) is 19.2 Å². The van der Waals surface area contributed by atoms with Crippen molar-refractivity contribution < 1.29 is 43.7 Å². The van der Waals surface area contributed by atoms with Crippen LogP contribution in [0, 0.1) is 6.92 Å². The van der Waals surface area contributed by atoms with Crippen LogP contribution in [0.5, 0.6) is 0 Å². The van der Waals surface area contributed by atoms with Crippen LogP contribution in [0.15, 0.2) is 72.8 Å². The second kappa shape index (κ2) is 30.5. The molecule has 0 aliphatic heterocycles. The van der Waals surface area contributed by atoms with E-state index in [0.717, 1.165) is 49.8 Å². The fraction of sp³-hybridized carbons (Fsp3) is 0.478. The van der Waals surface area contributed by atoms with Gasteiger partial charge in [0.2, 0.25) is 0 Å². The molecule has 0 aliphatic carbocycles. The minimum Gasteiger partial charge on any atom is -0.481 e. The first-order valence-corrected chi connectivity index (χ1v) is 21.3. The number of carboxylic acid groups (broad SMARTS) is 2. The molecule has 3 rings (SSSR count). The Hall–Kier alpha value is -6.52. The standard InChI is InChI=1S/C16H26N2O.C15H19N3O7.C15H25N3O/c1-5-6-13(3)17-16(19)18-14(4)11-15-9-7-12(2)8-10-15;16-10-3-1-9(2-4-10)7-12(25-8-19)18-15(24)17-11(14(22)23)5-6-13(20)21;1-4-5-11(2)17-15(19)18-12(3)10-13-6-8-14(16)9-7-13/h7-10,13-14H,5-6,11H2,1-4H3,(H2,17,18,19);1-4,8,11-12H,5-7,16H2,(H,20,21)(H,22,23)(H2,17,18,24);6-9,11-12H,4-5,10,16H2,1-3H3,(H2,17,18,19)/t13-,14-;11-,12+;11-,12-/m101/s1. The fourth-order valence-corrected chi connectivity index (χ4v) is 6.12. The van der Waals surface area contributed by atoms with Crippen LogP contribution in [0.4, 0.5) is 25.8 Å². The predicted octanol–water partition coefficient (Wildman–Crippen LogP) is 6.03. The van der Waals surface area contributed by atoms with Crippen molar-refractivity contribution in [2.75, 3.05) is 11.5 Å². The lowest BCUT2D eigenvalue weighted by Crippen LogP contribution is -2.50. The molecule has 0 saturated carbocycles. The number of rotatable bonds is 22. The number of nitrogens with one attached hydrogen (secondary N) is 6. The predicted molar refractivity (Wildman–Crippen MR) is 246 cm³/mol. The average Bonchev–Trinajstić information content (AvgIpc) is 3.19. The van der Waals surface area contributed by atoms with E-state index in [9.17, 15) is 28.8 Å². The van der Waals surface area contributed by atoms with Crippen LogP contribution in [0.1, 0.15) is 102 Å². The number of ether oxygens (including phenoxy) is 1. The van der Waals surface area contributed by atoms with Crippen molar-refractivity contribution in [2.24, 2.45) is 0 Å². The summed E-state index contributed by atoms with van der Waals surface area (Å²) in [6, 6.07) is 21.1. The second-order valence-corrected chi connectivity index (χ2v) is 15.7. The smallest absolute Gasteiger partial charge is 0.326 e. The van der Waals surface area contributed by atoms with E-state index >= 15 is 0 Å². The van der Waals surface area contributed by atoms with Gasteiger partial charge in [0.15, 0.2) is 6.23 Å². The molecule has 3 aromatic rings. The molecule has 0 heterocycles. The van der Waals surface area contributed by atoms with Gasteiger partial charge in [0.1, 0.15) is 6.04 Å². The number of anilines is 2. The molecule has 348 valence electrons. The van der Waals surface area contributed by atoms with Crippen LogP contribution in [0.25, 0.3) is 0 Å². The van der Waals surface area contributed by atoms with E-state index in [4.69, 9.17) is 26.4 Å². The van der Waals surface area contributed by atoms with Gasteiger partial charge in [-0.1, -0.05) is 80.8 Å². The van der Waals surface area contributed by atoms with Crippen LogP contribution >= 0.6 is 0 Å². The first-order chi connectivity index (χ1) is 29.8. The van der Waals surface area contributed by atoms with Gasteiger partial charge >= 0.3 is 30.0 Å². The number of aliphatic carboxylic acids is 2. The normalized spacial score (nSPS) is 13.2. The van der Waals surface area contributed by atoms with Crippen LogP contribution < -0.4 is 43.4 Å². The summed E-state index contributed by atoms with van der Waals surface area (Å²) in [7, 11) is 0. The molecule has 12 N–H and O–H groups in total. The third kappa shape index (κ3) is 26.4. The average molecular weight is 879 g/mol. The van der Waals surface area contributed by atoms with Crippen LogP contribution in [-0.4, -0.2) is 83.2 Å². The second-order valence-electron chi connectivity index (χ2n) is 15.7. The third-order valence-corrected chi connectivity index (χ3v) is 9.30. The molecule has 0 bridgehead atoms. The molecular weight excluding hydrogens is 809 g/mol. The number of nitrogens with two attached hydrogens (primary N) is 2. The first-order valence-electron chi connectivity index (χ1n) is 21.3. The van der Waals surface area contributed by atoms with Gasteiger partial charge in [-0.2, -0.15) is 0 Å². The lowest BCUT2D eigenvalue weighted by molar-refractivity contribution is -0.141. The molecule has 0 aromatic heterocycles. The maximum Gasteiger partial charge on any atom is 0.326 e. The molecule has 0 aliphatic rings. The van der Waals surface area contributed by atoms with Crippen LogP contribution in [-0.2, 0) is 38.4 Å². The summed E-state index contributed by atoms with van der Waals surface area (Å²) in [6.45, 7) is 14.6. The van der Waals surface area contributed by atoms with Crippen molar-refractivity contribution in [3.8, 4) is 0 Å². The number of aryl methyl sites for hydroxylation is 1. The zero-order chi connectivity index (χ0) is 47.3. The molecule has 63 heavy (non-hydrogen) atoms.